The molecule has 2 heteroatoms. The standard InChI is InChI=1S/C39H56F2/c1-3-5-7-9-29-10-14-30(15-11-29)34-22-25-37(39(41)26-34)33-20-18-31(19-21-33)35-23-24-36(38(40)27-35)32-16-12-28(13-17-32)8-6-4-2/h22-33H,3-21H2,1-2H3. The molecule has 0 nitrogen and oxygen atoms in total. The smallest absolute Gasteiger partial charge is 0.126 e. The SMILES string of the molecule is CCCCCC1CCC(c2ccc(C3CCC(c4ccc(C5CCC(CCCC)CC5)c(F)c4)CC3)c(F)c2)CC1. The molecule has 0 N–H and O–H groups in total. The Kier molecular flexibility index (Phi) is 11.4. The van der Waals surface area contributed by atoms with Crippen molar-refractivity contribution in [1.82, 2.24) is 0 Å². The lowest BCUT2D eigenvalue weighted by atomic mass is 9.74. The number of hydrogen-bond acceptors (Lipinski definition) is 0. The van der Waals surface area contributed by atoms with Gasteiger partial charge in [0.1, 0.15) is 11.6 Å². The maximum absolute atomic E-state index is 15.4. The highest BCUT2D eigenvalue weighted by Gasteiger charge is 2.29. The second-order valence-corrected chi connectivity index (χ2v) is 14.2. The maximum Gasteiger partial charge on any atom is 0.126 e. The highest BCUT2D eigenvalue weighted by atomic mass is 19.1. The molecule has 3 fully saturated rings. The minimum atomic E-state index is 0.0100. The highest BCUT2D eigenvalue weighted by Crippen LogP contribution is 2.44. The van der Waals surface area contributed by atoms with Gasteiger partial charge in [-0.05, 0) is 147 Å². The Bertz CT molecular complexity index is 1060. The van der Waals surface area contributed by atoms with Gasteiger partial charge in [0.2, 0.25) is 0 Å². The van der Waals surface area contributed by atoms with Gasteiger partial charge in [0, 0.05) is 0 Å². The summed E-state index contributed by atoms with van der Waals surface area (Å²) in [6, 6.07) is 12.4. The summed E-state index contributed by atoms with van der Waals surface area (Å²) in [7, 11) is 0. The van der Waals surface area contributed by atoms with Crippen molar-refractivity contribution in [3.63, 3.8) is 0 Å². The van der Waals surface area contributed by atoms with Gasteiger partial charge in [0.15, 0.2) is 0 Å². The third kappa shape index (κ3) is 8.03. The predicted molar refractivity (Wildman–Crippen MR) is 170 cm³/mol. The Morgan fingerprint density at radius 1 is 0.488 bits per heavy atom. The fourth-order valence-corrected chi connectivity index (χ4v) is 8.72. The summed E-state index contributed by atoms with van der Waals surface area (Å²) < 4.78 is 30.7. The number of rotatable bonds is 11. The average molecular weight is 563 g/mol. The Balaban J connectivity index is 1.11. The Morgan fingerprint density at radius 3 is 1.32 bits per heavy atom. The fraction of sp³-hybridized carbons (Fsp3) is 0.692. The number of halogens is 2. The van der Waals surface area contributed by atoms with Crippen LogP contribution in [0.2, 0.25) is 0 Å². The van der Waals surface area contributed by atoms with E-state index in [-0.39, 0.29) is 11.6 Å². The molecule has 3 aliphatic carbocycles. The van der Waals surface area contributed by atoms with Crippen LogP contribution in [-0.4, -0.2) is 0 Å². The first kappa shape index (κ1) is 30.7. The minimum Gasteiger partial charge on any atom is -0.207 e. The van der Waals surface area contributed by atoms with Crippen molar-refractivity contribution < 1.29 is 8.78 Å². The van der Waals surface area contributed by atoms with Crippen LogP contribution in [0.5, 0.6) is 0 Å². The summed E-state index contributed by atoms with van der Waals surface area (Å²) in [6.07, 6.45) is 23.3. The van der Waals surface area contributed by atoms with Crippen LogP contribution in [0.1, 0.15) is 182 Å². The van der Waals surface area contributed by atoms with Crippen molar-refractivity contribution in [3.8, 4) is 0 Å². The molecule has 0 bridgehead atoms. The molecule has 0 atom stereocenters. The van der Waals surface area contributed by atoms with Gasteiger partial charge >= 0.3 is 0 Å². The molecule has 3 saturated carbocycles. The Labute approximate surface area is 250 Å². The second-order valence-electron chi connectivity index (χ2n) is 14.2. The van der Waals surface area contributed by atoms with E-state index in [9.17, 15) is 0 Å². The van der Waals surface area contributed by atoms with E-state index in [0.29, 0.717) is 23.7 Å². The van der Waals surface area contributed by atoms with Crippen LogP contribution in [0.3, 0.4) is 0 Å². The largest absolute Gasteiger partial charge is 0.207 e. The topological polar surface area (TPSA) is 0 Å². The van der Waals surface area contributed by atoms with E-state index in [1.54, 1.807) is 0 Å². The van der Waals surface area contributed by atoms with Gasteiger partial charge in [-0.25, -0.2) is 8.78 Å². The molecule has 0 unspecified atom stereocenters. The van der Waals surface area contributed by atoms with Crippen LogP contribution in [0.15, 0.2) is 36.4 Å². The van der Waals surface area contributed by atoms with Gasteiger partial charge in [-0.2, -0.15) is 0 Å². The molecule has 226 valence electrons. The third-order valence-corrected chi connectivity index (χ3v) is 11.5. The summed E-state index contributed by atoms with van der Waals surface area (Å²) in [6.45, 7) is 4.55. The summed E-state index contributed by atoms with van der Waals surface area (Å²) in [5.41, 5.74) is 4.24. The first-order valence-corrected chi connectivity index (χ1v) is 17.6. The van der Waals surface area contributed by atoms with Gasteiger partial charge in [-0.3, -0.25) is 0 Å². The van der Waals surface area contributed by atoms with Crippen molar-refractivity contribution in [2.45, 2.75) is 160 Å². The summed E-state index contributed by atoms with van der Waals surface area (Å²) in [5.74, 6) is 3.38. The van der Waals surface area contributed by atoms with E-state index >= 15 is 8.78 Å². The quantitative estimate of drug-likeness (QED) is 0.239. The van der Waals surface area contributed by atoms with Crippen molar-refractivity contribution in [3.05, 3.63) is 70.3 Å². The van der Waals surface area contributed by atoms with Crippen LogP contribution in [0.25, 0.3) is 0 Å². The lowest BCUT2D eigenvalue weighted by Crippen LogP contribution is -2.16. The first-order valence-electron chi connectivity index (χ1n) is 17.6. The van der Waals surface area contributed by atoms with Crippen LogP contribution in [0.4, 0.5) is 8.78 Å². The molecule has 0 spiro atoms. The van der Waals surface area contributed by atoms with Crippen molar-refractivity contribution in [2.24, 2.45) is 11.8 Å². The van der Waals surface area contributed by atoms with Crippen LogP contribution < -0.4 is 0 Å². The fourth-order valence-electron chi connectivity index (χ4n) is 8.72. The lowest BCUT2D eigenvalue weighted by molar-refractivity contribution is 0.300. The molecule has 0 aromatic heterocycles. The first-order chi connectivity index (χ1) is 20.1. The third-order valence-electron chi connectivity index (χ3n) is 11.5. The molecule has 3 aliphatic rings. The van der Waals surface area contributed by atoms with E-state index < -0.39 is 0 Å². The van der Waals surface area contributed by atoms with Gasteiger partial charge < -0.3 is 0 Å². The average Bonchev–Trinajstić information content (AvgIpc) is 3.01. The monoisotopic (exact) mass is 562 g/mol. The lowest BCUT2D eigenvalue weighted by Gasteiger charge is -2.31. The van der Waals surface area contributed by atoms with Gasteiger partial charge in [0.25, 0.3) is 0 Å². The van der Waals surface area contributed by atoms with Gasteiger partial charge in [-0.1, -0.05) is 83.1 Å². The van der Waals surface area contributed by atoms with Crippen molar-refractivity contribution >= 4 is 0 Å². The maximum atomic E-state index is 15.4. The zero-order valence-electron chi connectivity index (χ0n) is 26.1. The van der Waals surface area contributed by atoms with E-state index in [1.807, 2.05) is 12.1 Å². The zero-order chi connectivity index (χ0) is 28.6. The number of unbranched alkanes of at least 4 members (excludes halogenated alkanes) is 3. The minimum absolute atomic E-state index is 0.0100. The molecule has 0 amide bonds. The van der Waals surface area contributed by atoms with Crippen molar-refractivity contribution in [2.75, 3.05) is 0 Å². The molecular weight excluding hydrogens is 506 g/mol. The normalized spacial score (nSPS) is 29.0. The molecule has 0 radical (unpaired) electrons. The van der Waals surface area contributed by atoms with Gasteiger partial charge in [0.05, 0.1) is 0 Å². The number of hydrogen-bond donors (Lipinski definition) is 0. The molecule has 41 heavy (non-hydrogen) atoms. The van der Waals surface area contributed by atoms with Crippen LogP contribution in [-0.2, 0) is 0 Å². The summed E-state index contributed by atoms with van der Waals surface area (Å²) in [4.78, 5) is 0. The zero-order valence-corrected chi connectivity index (χ0v) is 26.1. The second kappa shape index (κ2) is 15.2. The Morgan fingerprint density at radius 2 is 0.878 bits per heavy atom. The van der Waals surface area contributed by atoms with E-state index in [1.165, 1.54) is 89.0 Å². The van der Waals surface area contributed by atoms with Crippen LogP contribution in [0, 0.1) is 23.5 Å². The molecular formula is C39H56F2. The molecule has 0 aliphatic heterocycles. The molecule has 5 rings (SSSR count). The van der Waals surface area contributed by atoms with E-state index in [0.717, 1.165) is 67.1 Å². The van der Waals surface area contributed by atoms with Crippen LogP contribution >= 0.6 is 0 Å². The molecule has 0 saturated heterocycles. The number of benzene rings is 2. The van der Waals surface area contributed by atoms with E-state index in [2.05, 4.69) is 38.1 Å². The molecule has 0 heterocycles. The summed E-state index contributed by atoms with van der Waals surface area (Å²) in [5, 5.41) is 0. The highest BCUT2D eigenvalue weighted by molar-refractivity contribution is 5.32. The van der Waals surface area contributed by atoms with Crippen molar-refractivity contribution in [1.29, 1.82) is 0 Å². The molecule has 2 aromatic carbocycles. The Hall–Kier alpha value is -1.70. The van der Waals surface area contributed by atoms with E-state index in [4.69, 9.17) is 0 Å². The van der Waals surface area contributed by atoms with Gasteiger partial charge in [-0.15, -0.1) is 0 Å². The molecule has 2 aromatic rings. The summed E-state index contributed by atoms with van der Waals surface area (Å²) >= 11 is 0. The predicted octanol–water partition coefficient (Wildman–Crippen LogP) is 12.7.